The number of nitrogens with one attached hydrogen (secondary N) is 1. The summed E-state index contributed by atoms with van der Waals surface area (Å²) < 4.78 is 64.9. The monoisotopic (exact) mass is 764 g/mol. The van der Waals surface area contributed by atoms with E-state index in [-0.39, 0.29) is 17.3 Å². The summed E-state index contributed by atoms with van der Waals surface area (Å²) in [6.07, 6.45) is 7.65. The number of carbonyl (C=O) groups is 2. The van der Waals surface area contributed by atoms with Crippen molar-refractivity contribution in [3.05, 3.63) is 104 Å². The molecule has 4 atom stereocenters. The summed E-state index contributed by atoms with van der Waals surface area (Å²) in [6.45, 7) is 3.50. The lowest BCUT2D eigenvalue weighted by molar-refractivity contribution is -0.134. The maximum atomic E-state index is 13.8. The van der Waals surface area contributed by atoms with Crippen LogP contribution in [0.15, 0.2) is 76.5 Å². The van der Waals surface area contributed by atoms with E-state index in [4.69, 9.17) is 32.1 Å². The number of unbranched alkanes of at least 4 members (excludes halogenated alkanes) is 4. The molecule has 0 saturated heterocycles. The van der Waals surface area contributed by atoms with Crippen LogP contribution in [0.2, 0.25) is 0 Å². The Bertz CT molecular complexity index is 1910. The molecule has 16 nitrogen and oxygen atoms in total. The van der Waals surface area contributed by atoms with E-state index in [0.29, 0.717) is 23.3 Å². The van der Waals surface area contributed by atoms with E-state index in [0.717, 1.165) is 36.7 Å². The zero-order chi connectivity index (χ0) is 37.7. The maximum absolute atomic E-state index is 13.8. The van der Waals surface area contributed by atoms with Crippen molar-refractivity contribution in [3.8, 4) is 11.5 Å². The number of hydrogen-bond acceptors (Lipinski definition) is 13. The van der Waals surface area contributed by atoms with Crippen LogP contribution >= 0.6 is 15.6 Å². The van der Waals surface area contributed by atoms with E-state index in [1.54, 1.807) is 12.1 Å². The van der Waals surface area contributed by atoms with Crippen LogP contribution in [-0.4, -0.2) is 39.1 Å². The third-order valence-corrected chi connectivity index (χ3v) is 10.4. The van der Waals surface area contributed by atoms with Gasteiger partial charge in [-0.25, -0.2) is 13.9 Å². The summed E-state index contributed by atoms with van der Waals surface area (Å²) in [5, 5.41) is 0. The third kappa shape index (κ3) is 13.2. The van der Waals surface area contributed by atoms with Crippen LogP contribution < -0.4 is 20.7 Å². The molecular formula is C34H42N2O14P2. The van der Waals surface area contributed by atoms with Crippen LogP contribution in [0, 0.1) is 6.92 Å². The molecule has 2 N–H and O–H groups in total. The van der Waals surface area contributed by atoms with Crippen LogP contribution in [0.3, 0.4) is 0 Å². The second-order valence-electron chi connectivity index (χ2n) is 11.8. The normalized spacial score (nSPS) is 17.7. The summed E-state index contributed by atoms with van der Waals surface area (Å²) in [5.41, 5.74) is -0.131. The fourth-order valence-electron chi connectivity index (χ4n) is 4.76. The lowest BCUT2D eigenvalue weighted by atomic mass is 10.1. The molecule has 18 heteroatoms. The van der Waals surface area contributed by atoms with E-state index in [1.165, 1.54) is 68.6 Å². The number of phosphoric ester groups is 2. The van der Waals surface area contributed by atoms with E-state index in [2.05, 4.69) is 11.9 Å². The fourth-order valence-corrected chi connectivity index (χ4v) is 7.36. The zero-order valence-corrected chi connectivity index (χ0v) is 30.8. The molecule has 3 aromatic rings. The average Bonchev–Trinajstić information content (AvgIpc) is 3.57. The smallest absolute Gasteiger partial charge is 0.427 e. The number of aryl methyl sites for hydroxylation is 1. The highest BCUT2D eigenvalue weighted by Crippen LogP contribution is 2.64. The molecule has 1 aromatic heterocycles. The second kappa shape index (κ2) is 19.2. The number of hydrogen-bond donors (Lipinski definition) is 2. The summed E-state index contributed by atoms with van der Waals surface area (Å²) in [4.78, 5) is 60.1. The van der Waals surface area contributed by atoms with Gasteiger partial charge in [0, 0.05) is 25.1 Å². The Morgan fingerprint density at radius 1 is 0.865 bits per heavy atom. The number of phosphoric acid groups is 2. The molecule has 3 unspecified atom stereocenters. The first kappa shape index (κ1) is 40.8. The molecule has 2 heterocycles. The summed E-state index contributed by atoms with van der Waals surface area (Å²) in [7, 11) is -9.99. The first-order chi connectivity index (χ1) is 24.7. The predicted molar refractivity (Wildman–Crippen MR) is 186 cm³/mol. The minimum Gasteiger partial charge on any atom is -0.427 e. The van der Waals surface area contributed by atoms with Crippen LogP contribution in [0.25, 0.3) is 0 Å². The molecule has 0 saturated carbocycles. The molecule has 1 aliphatic heterocycles. The molecule has 4 rings (SSSR count). The third-order valence-electron chi connectivity index (χ3n) is 7.43. The van der Waals surface area contributed by atoms with Crippen molar-refractivity contribution in [1.82, 2.24) is 9.55 Å². The molecule has 0 aliphatic carbocycles. The number of esters is 2. The average molecular weight is 765 g/mol. The van der Waals surface area contributed by atoms with Gasteiger partial charge in [0.1, 0.15) is 17.6 Å². The summed E-state index contributed by atoms with van der Waals surface area (Å²) in [6, 6.07) is 12.1. The van der Waals surface area contributed by atoms with Gasteiger partial charge in [-0.1, -0.05) is 62.9 Å². The van der Waals surface area contributed by atoms with Gasteiger partial charge in [0.25, 0.3) is 5.56 Å². The van der Waals surface area contributed by atoms with Gasteiger partial charge in [-0.3, -0.25) is 37.5 Å². The van der Waals surface area contributed by atoms with Gasteiger partial charge >= 0.3 is 33.3 Å². The number of aromatic nitrogens is 2. The van der Waals surface area contributed by atoms with Crippen molar-refractivity contribution in [3.63, 3.8) is 0 Å². The highest BCUT2D eigenvalue weighted by atomic mass is 31.3. The Labute approximate surface area is 299 Å². The van der Waals surface area contributed by atoms with Crippen molar-refractivity contribution in [2.24, 2.45) is 0 Å². The van der Waals surface area contributed by atoms with E-state index < -0.39 is 65.0 Å². The van der Waals surface area contributed by atoms with Gasteiger partial charge in [-0.15, -0.1) is 0 Å². The SMILES string of the molecule is CCCCCCCC(=O)Oc1ccc(COP(=O)(OCc2ccc(OC(C)=O)cc2)OP(=O)(O)OCC2C=C[C@H](n3cc(C)c(=O)[nH]c3=O)O2)cc1. The van der Waals surface area contributed by atoms with Crippen molar-refractivity contribution < 1.29 is 55.7 Å². The van der Waals surface area contributed by atoms with Crippen molar-refractivity contribution in [1.29, 1.82) is 0 Å². The van der Waals surface area contributed by atoms with Crippen LogP contribution in [0.1, 0.15) is 75.3 Å². The van der Waals surface area contributed by atoms with E-state index in [9.17, 15) is 33.2 Å². The van der Waals surface area contributed by atoms with Crippen molar-refractivity contribution in [2.75, 3.05) is 6.61 Å². The van der Waals surface area contributed by atoms with Crippen LogP contribution in [-0.2, 0) is 54.6 Å². The number of H-pyrrole nitrogens is 1. The quantitative estimate of drug-likeness (QED) is 0.0434. The zero-order valence-electron chi connectivity index (χ0n) is 29.0. The molecule has 282 valence electrons. The molecule has 1 aliphatic rings. The highest BCUT2D eigenvalue weighted by molar-refractivity contribution is 7.61. The Morgan fingerprint density at radius 2 is 1.46 bits per heavy atom. The topological polar surface area (TPSA) is 208 Å². The minimum atomic E-state index is -5.15. The summed E-state index contributed by atoms with van der Waals surface area (Å²) in [5.74, 6) is -0.324. The molecule has 0 amide bonds. The number of carbonyl (C=O) groups excluding carboxylic acids is 2. The van der Waals surface area contributed by atoms with E-state index in [1.807, 2.05) is 0 Å². The predicted octanol–water partition coefficient (Wildman–Crippen LogP) is 6.17. The second-order valence-corrected chi connectivity index (χ2v) is 15.0. The first-order valence-electron chi connectivity index (χ1n) is 16.5. The molecular weight excluding hydrogens is 722 g/mol. The molecule has 0 radical (unpaired) electrons. The number of aromatic amines is 1. The highest BCUT2D eigenvalue weighted by Gasteiger charge is 2.39. The fraction of sp³-hybridized carbons (Fsp3) is 0.412. The van der Waals surface area contributed by atoms with Gasteiger partial charge in [0.15, 0.2) is 6.23 Å². The number of rotatable bonds is 20. The van der Waals surface area contributed by atoms with Gasteiger partial charge in [-0.05, 0) is 54.8 Å². The molecule has 0 spiro atoms. The van der Waals surface area contributed by atoms with Gasteiger partial charge in [0.2, 0.25) is 0 Å². The Morgan fingerprint density at radius 3 is 2.06 bits per heavy atom. The minimum absolute atomic E-state index is 0.257. The standard InChI is InChI=1S/C34H42N2O14P2/c1-4-5-6-7-8-9-32(38)49-29-16-12-27(13-17-29)22-46-52(43,45-21-26-10-14-28(15-11-26)47-25(3)37)50-51(41,42)44-23-30-18-19-31(48-30)36-20-24(2)33(39)35-34(36)40/h10-20,30-31H,4-9,21-23H2,1-3H3,(H,41,42)(H,35,39,40)/t30?,31-,52?/m1/s1. The number of ether oxygens (including phenoxy) is 3. The van der Waals surface area contributed by atoms with Crippen LogP contribution in [0.5, 0.6) is 11.5 Å². The molecule has 0 fully saturated rings. The number of nitrogens with zero attached hydrogens (tertiary/aromatic N) is 1. The van der Waals surface area contributed by atoms with Crippen molar-refractivity contribution in [2.45, 2.75) is 84.8 Å². The van der Waals surface area contributed by atoms with Gasteiger partial charge in [0.05, 0.1) is 19.8 Å². The molecule has 0 bridgehead atoms. The van der Waals surface area contributed by atoms with Gasteiger partial charge < -0.3 is 19.1 Å². The Kier molecular flexibility index (Phi) is 15.1. The van der Waals surface area contributed by atoms with Crippen molar-refractivity contribution >= 4 is 27.6 Å². The Balaban J connectivity index is 1.37. The summed E-state index contributed by atoms with van der Waals surface area (Å²) >= 11 is 0. The maximum Gasteiger partial charge on any atom is 0.484 e. The molecule has 2 aromatic carbocycles. The number of benzene rings is 2. The molecule has 52 heavy (non-hydrogen) atoms. The van der Waals surface area contributed by atoms with Crippen LogP contribution in [0.4, 0.5) is 0 Å². The van der Waals surface area contributed by atoms with E-state index >= 15 is 0 Å². The lowest BCUT2D eigenvalue weighted by Crippen LogP contribution is -2.33. The largest absolute Gasteiger partial charge is 0.484 e. The lowest BCUT2D eigenvalue weighted by Gasteiger charge is -2.22. The van der Waals surface area contributed by atoms with Gasteiger partial charge in [-0.2, -0.15) is 4.31 Å². The Hall–Kier alpha value is -3.98. The first-order valence-corrected chi connectivity index (χ1v) is 19.5.